The molecule has 6 nitrogen and oxygen atoms in total. The van der Waals surface area contributed by atoms with Crippen molar-refractivity contribution in [1.82, 2.24) is 9.97 Å². The highest BCUT2D eigenvalue weighted by molar-refractivity contribution is 5.89. The molecule has 1 aromatic heterocycles. The summed E-state index contributed by atoms with van der Waals surface area (Å²) in [4.78, 5) is 19.8. The van der Waals surface area contributed by atoms with E-state index >= 15 is 0 Å². The predicted octanol–water partition coefficient (Wildman–Crippen LogP) is 4.37. The lowest BCUT2D eigenvalue weighted by Crippen LogP contribution is -2.06. The number of anilines is 5. The number of carbonyl (C=O) groups is 1. The van der Waals surface area contributed by atoms with Gasteiger partial charge in [0.25, 0.3) is 0 Å². The molecule has 0 radical (unpaired) electrons. The van der Waals surface area contributed by atoms with Crippen LogP contribution in [0.15, 0.2) is 54.6 Å². The zero-order valence-electron chi connectivity index (χ0n) is 14.4. The maximum Gasteiger partial charge on any atom is 0.229 e. The van der Waals surface area contributed by atoms with Crippen LogP contribution in [-0.2, 0) is 4.79 Å². The molecule has 3 rings (SSSR count). The zero-order valence-corrected chi connectivity index (χ0v) is 14.4. The first-order valence-electron chi connectivity index (χ1n) is 8.01. The third-order valence-electron chi connectivity index (χ3n) is 3.43. The Balaban J connectivity index is 1.82. The average molecular weight is 351 g/mol. The Morgan fingerprint density at radius 3 is 2.50 bits per heavy atom. The second kappa shape index (κ2) is 7.60. The number of para-hydroxylation sites is 1. The van der Waals surface area contributed by atoms with Gasteiger partial charge < -0.3 is 16.0 Å². The van der Waals surface area contributed by atoms with Gasteiger partial charge in [-0.1, -0.05) is 18.2 Å². The van der Waals surface area contributed by atoms with E-state index in [0.717, 1.165) is 11.4 Å². The van der Waals surface area contributed by atoms with Crippen molar-refractivity contribution < 1.29 is 9.18 Å². The van der Waals surface area contributed by atoms with Gasteiger partial charge in [0.2, 0.25) is 11.9 Å². The summed E-state index contributed by atoms with van der Waals surface area (Å²) < 4.78 is 13.8. The van der Waals surface area contributed by atoms with Crippen LogP contribution in [0.1, 0.15) is 12.6 Å². The molecular weight excluding hydrogens is 333 g/mol. The van der Waals surface area contributed by atoms with Crippen molar-refractivity contribution in [2.75, 3.05) is 16.0 Å². The van der Waals surface area contributed by atoms with Crippen LogP contribution in [0.3, 0.4) is 0 Å². The van der Waals surface area contributed by atoms with Crippen LogP contribution in [-0.4, -0.2) is 15.9 Å². The second-order valence-electron chi connectivity index (χ2n) is 5.71. The van der Waals surface area contributed by atoms with Gasteiger partial charge in [-0.25, -0.2) is 9.37 Å². The summed E-state index contributed by atoms with van der Waals surface area (Å²) in [6.07, 6.45) is 0. The molecule has 0 aliphatic carbocycles. The Morgan fingerprint density at radius 2 is 1.73 bits per heavy atom. The van der Waals surface area contributed by atoms with Gasteiger partial charge in [-0.2, -0.15) is 4.98 Å². The normalized spacial score (nSPS) is 10.3. The third-order valence-corrected chi connectivity index (χ3v) is 3.43. The number of hydrogen-bond donors (Lipinski definition) is 3. The number of aryl methyl sites for hydroxylation is 1. The molecule has 26 heavy (non-hydrogen) atoms. The van der Waals surface area contributed by atoms with Crippen molar-refractivity contribution in [1.29, 1.82) is 0 Å². The molecule has 2 aromatic carbocycles. The van der Waals surface area contributed by atoms with Crippen LogP contribution in [0.2, 0.25) is 0 Å². The fourth-order valence-electron chi connectivity index (χ4n) is 2.40. The van der Waals surface area contributed by atoms with Gasteiger partial charge in [-0.15, -0.1) is 0 Å². The SMILES string of the molecule is CC(=O)Nc1cccc(Nc2cc(C)nc(Nc3ccccc3F)n2)c1. The summed E-state index contributed by atoms with van der Waals surface area (Å²) in [5.74, 6) is 0.318. The maximum absolute atomic E-state index is 13.8. The molecule has 3 aromatic rings. The number of nitrogens with zero attached hydrogens (tertiary/aromatic N) is 2. The summed E-state index contributed by atoms with van der Waals surface area (Å²) in [6, 6.07) is 15.4. The maximum atomic E-state index is 13.8. The molecule has 3 N–H and O–H groups in total. The van der Waals surface area contributed by atoms with Crippen LogP contribution in [0.4, 0.5) is 33.2 Å². The van der Waals surface area contributed by atoms with E-state index in [9.17, 15) is 9.18 Å². The number of carbonyl (C=O) groups excluding carboxylic acids is 1. The van der Waals surface area contributed by atoms with Crippen molar-refractivity contribution >= 4 is 34.7 Å². The largest absolute Gasteiger partial charge is 0.340 e. The lowest BCUT2D eigenvalue weighted by atomic mass is 10.2. The Kier molecular flexibility index (Phi) is 5.07. The number of halogens is 1. The van der Waals surface area contributed by atoms with Gasteiger partial charge in [-0.05, 0) is 37.3 Å². The number of rotatable bonds is 5. The summed E-state index contributed by atoms with van der Waals surface area (Å²) >= 11 is 0. The molecule has 0 aliphatic heterocycles. The summed E-state index contributed by atoms with van der Waals surface area (Å²) in [6.45, 7) is 3.28. The van der Waals surface area contributed by atoms with Crippen LogP contribution in [0, 0.1) is 12.7 Å². The number of nitrogens with one attached hydrogen (secondary N) is 3. The third kappa shape index (κ3) is 4.54. The van der Waals surface area contributed by atoms with E-state index in [1.807, 2.05) is 19.1 Å². The van der Waals surface area contributed by atoms with Gasteiger partial charge in [-0.3, -0.25) is 4.79 Å². The Hall–Kier alpha value is -3.48. The lowest BCUT2D eigenvalue weighted by Gasteiger charge is -2.11. The second-order valence-corrected chi connectivity index (χ2v) is 5.71. The van der Waals surface area contributed by atoms with E-state index in [-0.39, 0.29) is 17.7 Å². The Labute approximate surface area is 150 Å². The molecule has 0 saturated carbocycles. The molecule has 1 heterocycles. The molecule has 132 valence electrons. The minimum Gasteiger partial charge on any atom is -0.340 e. The van der Waals surface area contributed by atoms with Gasteiger partial charge in [0, 0.05) is 30.1 Å². The predicted molar refractivity (Wildman–Crippen MR) is 100 cm³/mol. The first-order chi connectivity index (χ1) is 12.5. The summed E-state index contributed by atoms with van der Waals surface area (Å²) in [5, 5.41) is 8.77. The molecule has 0 spiro atoms. The lowest BCUT2D eigenvalue weighted by molar-refractivity contribution is -0.114. The monoisotopic (exact) mass is 351 g/mol. The highest BCUT2D eigenvalue weighted by Gasteiger charge is 2.07. The van der Waals surface area contributed by atoms with Gasteiger partial charge >= 0.3 is 0 Å². The summed E-state index contributed by atoms with van der Waals surface area (Å²) in [5.41, 5.74) is 2.46. The van der Waals surface area contributed by atoms with Crippen LogP contribution < -0.4 is 16.0 Å². The Morgan fingerprint density at radius 1 is 0.962 bits per heavy atom. The molecule has 0 aliphatic rings. The van der Waals surface area contributed by atoms with E-state index in [0.29, 0.717) is 17.2 Å². The minimum atomic E-state index is -0.380. The molecular formula is C19H18FN5O. The first-order valence-corrected chi connectivity index (χ1v) is 8.01. The number of amides is 1. The molecule has 0 atom stereocenters. The van der Waals surface area contributed by atoms with E-state index in [4.69, 9.17) is 0 Å². The van der Waals surface area contributed by atoms with Gasteiger partial charge in [0.15, 0.2) is 0 Å². The fraction of sp³-hybridized carbons (Fsp3) is 0.105. The fourth-order valence-corrected chi connectivity index (χ4v) is 2.40. The smallest absolute Gasteiger partial charge is 0.229 e. The van der Waals surface area contributed by atoms with Crippen molar-refractivity contribution in [3.63, 3.8) is 0 Å². The number of aromatic nitrogens is 2. The molecule has 0 bridgehead atoms. The van der Waals surface area contributed by atoms with Crippen molar-refractivity contribution in [2.45, 2.75) is 13.8 Å². The van der Waals surface area contributed by atoms with E-state index in [1.165, 1.54) is 13.0 Å². The average Bonchev–Trinajstić information content (AvgIpc) is 2.56. The van der Waals surface area contributed by atoms with E-state index in [1.54, 1.807) is 36.4 Å². The quantitative estimate of drug-likeness (QED) is 0.636. The number of hydrogen-bond acceptors (Lipinski definition) is 5. The van der Waals surface area contributed by atoms with Crippen molar-refractivity contribution in [3.05, 3.63) is 66.1 Å². The van der Waals surface area contributed by atoms with Crippen LogP contribution in [0.25, 0.3) is 0 Å². The Bertz CT molecular complexity index is 945. The highest BCUT2D eigenvalue weighted by Crippen LogP contribution is 2.22. The van der Waals surface area contributed by atoms with Crippen molar-refractivity contribution in [3.8, 4) is 0 Å². The molecule has 0 unspecified atom stereocenters. The van der Waals surface area contributed by atoms with E-state index < -0.39 is 0 Å². The number of benzene rings is 2. The molecule has 1 amide bonds. The zero-order chi connectivity index (χ0) is 18.5. The topological polar surface area (TPSA) is 78.9 Å². The minimum absolute atomic E-state index is 0.142. The highest BCUT2D eigenvalue weighted by atomic mass is 19.1. The van der Waals surface area contributed by atoms with Gasteiger partial charge in [0.05, 0.1) is 5.69 Å². The first kappa shape index (κ1) is 17.3. The van der Waals surface area contributed by atoms with Crippen molar-refractivity contribution in [2.24, 2.45) is 0 Å². The molecule has 0 saturated heterocycles. The van der Waals surface area contributed by atoms with E-state index in [2.05, 4.69) is 25.9 Å². The molecule has 7 heteroatoms. The summed E-state index contributed by atoms with van der Waals surface area (Å²) in [7, 11) is 0. The van der Waals surface area contributed by atoms with Crippen LogP contribution in [0.5, 0.6) is 0 Å². The molecule has 0 fully saturated rings. The standard InChI is InChI=1S/C19H18FN5O/c1-12-10-18(23-15-7-5-6-14(11-15)22-13(2)26)25-19(21-12)24-17-9-4-3-8-16(17)20/h3-11H,1-2H3,(H,22,26)(H2,21,23,24,25). The van der Waals surface area contributed by atoms with Crippen LogP contribution >= 0.6 is 0 Å². The van der Waals surface area contributed by atoms with Gasteiger partial charge in [0.1, 0.15) is 11.6 Å².